The molecule has 2 rings (SSSR count). The average Bonchev–Trinajstić information content (AvgIpc) is 2.40. The van der Waals surface area contributed by atoms with Crippen LogP contribution in [0.5, 0.6) is 0 Å². The number of nitrogens with two attached hydrogens (primary N) is 1. The quantitative estimate of drug-likeness (QED) is 0.871. The van der Waals surface area contributed by atoms with E-state index in [4.69, 9.17) is 10.5 Å². The number of nitrogen functional groups attached to an aromatic ring is 1. The van der Waals surface area contributed by atoms with E-state index >= 15 is 0 Å². The fraction of sp³-hybridized carbons (Fsp3) is 0.538. The van der Waals surface area contributed by atoms with Gasteiger partial charge in [0.05, 0.1) is 18.3 Å². The standard InChI is InChI=1S/C13H19N3O2.ClH/c14-11-1-2-12(15-9-11)7-13(17)16-8-10-3-5-18-6-4-10;/h1-2,9-10H,3-8,14H2,(H,16,17);1H. The second-order valence-electron chi connectivity index (χ2n) is 4.62. The first-order valence-electron chi connectivity index (χ1n) is 6.29. The summed E-state index contributed by atoms with van der Waals surface area (Å²) in [6.07, 6.45) is 3.94. The van der Waals surface area contributed by atoms with Gasteiger partial charge in [-0.25, -0.2) is 0 Å². The molecule has 1 fully saturated rings. The van der Waals surface area contributed by atoms with Gasteiger partial charge in [-0.05, 0) is 30.9 Å². The minimum atomic E-state index is 0. The fourth-order valence-electron chi connectivity index (χ4n) is 1.98. The van der Waals surface area contributed by atoms with Crippen LogP contribution in [0.1, 0.15) is 18.5 Å². The maximum Gasteiger partial charge on any atom is 0.226 e. The molecule has 0 aromatic carbocycles. The van der Waals surface area contributed by atoms with Gasteiger partial charge in [0.15, 0.2) is 0 Å². The zero-order valence-electron chi connectivity index (χ0n) is 10.8. The van der Waals surface area contributed by atoms with Crippen LogP contribution in [0.15, 0.2) is 18.3 Å². The molecule has 1 aromatic heterocycles. The highest BCUT2D eigenvalue weighted by atomic mass is 35.5. The van der Waals surface area contributed by atoms with Crippen LogP contribution in [0.3, 0.4) is 0 Å². The Hall–Kier alpha value is -1.33. The summed E-state index contributed by atoms with van der Waals surface area (Å²) < 4.78 is 5.28. The highest BCUT2D eigenvalue weighted by molar-refractivity contribution is 5.85. The van der Waals surface area contributed by atoms with Crippen molar-refractivity contribution in [2.24, 2.45) is 5.92 Å². The Morgan fingerprint density at radius 1 is 1.42 bits per heavy atom. The number of anilines is 1. The smallest absolute Gasteiger partial charge is 0.226 e. The average molecular weight is 286 g/mol. The lowest BCUT2D eigenvalue weighted by molar-refractivity contribution is -0.120. The highest BCUT2D eigenvalue weighted by Gasteiger charge is 2.14. The van der Waals surface area contributed by atoms with Gasteiger partial charge in [0.25, 0.3) is 0 Å². The van der Waals surface area contributed by atoms with E-state index in [2.05, 4.69) is 10.3 Å². The van der Waals surface area contributed by atoms with Crippen molar-refractivity contribution in [2.75, 3.05) is 25.5 Å². The fourth-order valence-corrected chi connectivity index (χ4v) is 1.98. The van der Waals surface area contributed by atoms with Crippen molar-refractivity contribution in [1.82, 2.24) is 10.3 Å². The first kappa shape index (κ1) is 15.7. The lowest BCUT2D eigenvalue weighted by Gasteiger charge is -2.22. The molecule has 0 saturated carbocycles. The van der Waals surface area contributed by atoms with Gasteiger partial charge >= 0.3 is 0 Å². The Balaban J connectivity index is 0.00000180. The topological polar surface area (TPSA) is 77.2 Å². The number of hydrogen-bond acceptors (Lipinski definition) is 4. The molecule has 1 amide bonds. The van der Waals surface area contributed by atoms with Crippen LogP contribution in [-0.2, 0) is 16.0 Å². The van der Waals surface area contributed by atoms with Crippen LogP contribution in [-0.4, -0.2) is 30.6 Å². The predicted octanol–water partition coefficient (Wildman–Crippen LogP) is 1.17. The summed E-state index contributed by atoms with van der Waals surface area (Å²) in [5.74, 6) is 0.556. The molecule has 0 atom stereocenters. The molecular weight excluding hydrogens is 266 g/mol. The monoisotopic (exact) mass is 285 g/mol. The van der Waals surface area contributed by atoms with Crippen molar-refractivity contribution in [3.05, 3.63) is 24.0 Å². The number of amides is 1. The van der Waals surface area contributed by atoms with Gasteiger partial charge in [0, 0.05) is 25.5 Å². The molecule has 1 aliphatic rings. The molecule has 0 radical (unpaired) electrons. The summed E-state index contributed by atoms with van der Waals surface area (Å²) in [6, 6.07) is 3.54. The molecule has 106 valence electrons. The van der Waals surface area contributed by atoms with Crippen molar-refractivity contribution >= 4 is 24.0 Å². The number of pyridine rings is 1. The molecule has 19 heavy (non-hydrogen) atoms. The number of aromatic nitrogens is 1. The van der Waals surface area contributed by atoms with Crippen molar-refractivity contribution < 1.29 is 9.53 Å². The molecule has 3 N–H and O–H groups in total. The van der Waals surface area contributed by atoms with Crippen LogP contribution in [0, 0.1) is 5.92 Å². The predicted molar refractivity (Wildman–Crippen MR) is 76.2 cm³/mol. The minimum absolute atomic E-state index is 0. The number of ether oxygens (including phenoxy) is 1. The Kier molecular flexibility index (Phi) is 6.59. The lowest BCUT2D eigenvalue weighted by atomic mass is 10.0. The second kappa shape index (κ2) is 7.96. The maximum absolute atomic E-state index is 11.7. The number of nitrogens with zero attached hydrogens (tertiary/aromatic N) is 1. The molecule has 5 nitrogen and oxygen atoms in total. The molecule has 0 spiro atoms. The van der Waals surface area contributed by atoms with Gasteiger partial charge in [0.1, 0.15) is 0 Å². The minimum Gasteiger partial charge on any atom is -0.397 e. The van der Waals surface area contributed by atoms with Crippen LogP contribution >= 0.6 is 12.4 Å². The highest BCUT2D eigenvalue weighted by Crippen LogP contribution is 2.13. The molecule has 0 bridgehead atoms. The number of carbonyl (C=O) groups excluding carboxylic acids is 1. The first-order chi connectivity index (χ1) is 8.74. The molecule has 2 heterocycles. The summed E-state index contributed by atoms with van der Waals surface area (Å²) in [5.41, 5.74) is 6.90. The van der Waals surface area contributed by atoms with Gasteiger partial charge in [-0.1, -0.05) is 0 Å². The summed E-state index contributed by atoms with van der Waals surface area (Å²) in [6.45, 7) is 2.34. The van der Waals surface area contributed by atoms with Gasteiger partial charge in [-0.2, -0.15) is 0 Å². The van der Waals surface area contributed by atoms with E-state index in [0.29, 0.717) is 18.0 Å². The van der Waals surface area contributed by atoms with Crippen molar-refractivity contribution in [3.63, 3.8) is 0 Å². The van der Waals surface area contributed by atoms with E-state index in [1.165, 1.54) is 0 Å². The van der Waals surface area contributed by atoms with E-state index in [1.54, 1.807) is 18.3 Å². The van der Waals surface area contributed by atoms with Crippen LogP contribution in [0.4, 0.5) is 5.69 Å². The SMILES string of the molecule is Cl.Nc1ccc(CC(=O)NCC2CCOCC2)nc1. The van der Waals surface area contributed by atoms with E-state index in [9.17, 15) is 4.79 Å². The number of rotatable bonds is 4. The largest absolute Gasteiger partial charge is 0.397 e. The normalized spacial score (nSPS) is 15.6. The Bertz CT molecular complexity index is 391. The number of halogens is 1. The Labute approximate surface area is 119 Å². The number of carbonyl (C=O) groups is 1. The number of hydrogen-bond donors (Lipinski definition) is 2. The molecule has 0 unspecified atom stereocenters. The van der Waals surface area contributed by atoms with E-state index in [1.807, 2.05) is 0 Å². The van der Waals surface area contributed by atoms with Gasteiger partial charge in [0.2, 0.25) is 5.91 Å². The Morgan fingerprint density at radius 3 is 2.79 bits per heavy atom. The zero-order valence-corrected chi connectivity index (χ0v) is 11.6. The number of nitrogens with one attached hydrogen (secondary N) is 1. The van der Waals surface area contributed by atoms with E-state index < -0.39 is 0 Å². The van der Waals surface area contributed by atoms with Crippen LogP contribution in [0.2, 0.25) is 0 Å². The van der Waals surface area contributed by atoms with Gasteiger partial charge in [-0.15, -0.1) is 12.4 Å². The summed E-state index contributed by atoms with van der Waals surface area (Å²) in [4.78, 5) is 15.8. The first-order valence-corrected chi connectivity index (χ1v) is 6.29. The molecule has 0 aliphatic carbocycles. The second-order valence-corrected chi connectivity index (χ2v) is 4.62. The van der Waals surface area contributed by atoms with Crippen LogP contribution in [0.25, 0.3) is 0 Å². The molecule has 1 aliphatic heterocycles. The third-order valence-corrected chi connectivity index (χ3v) is 3.12. The van der Waals surface area contributed by atoms with Crippen molar-refractivity contribution in [1.29, 1.82) is 0 Å². The van der Waals surface area contributed by atoms with E-state index in [0.717, 1.165) is 38.3 Å². The molecule has 1 saturated heterocycles. The summed E-state index contributed by atoms with van der Waals surface area (Å²) in [5, 5.41) is 2.95. The molecule has 6 heteroatoms. The van der Waals surface area contributed by atoms with Crippen molar-refractivity contribution in [3.8, 4) is 0 Å². The van der Waals surface area contributed by atoms with Crippen molar-refractivity contribution in [2.45, 2.75) is 19.3 Å². The van der Waals surface area contributed by atoms with E-state index in [-0.39, 0.29) is 18.3 Å². The maximum atomic E-state index is 11.7. The summed E-state index contributed by atoms with van der Waals surface area (Å²) >= 11 is 0. The van der Waals surface area contributed by atoms with Crippen LogP contribution < -0.4 is 11.1 Å². The van der Waals surface area contributed by atoms with Gasteiger partial charge in [-0.3, -0.25) is 9.78 Å². The third kappa shape index (κ3) is 5.44. The molecule has 1 aromatic rings. The zero-order chi connectivity index (χ0) is 12.8. The molecular formula is C13H20ClN3O2. The Morgan fingerprint density at radius 2 is 2.16 bits per heavy atom. The third-order valence-electron chi connectivity index (χ3n) is 3.12. The lowest BCUT2D eigenvalue weighted by Crippen LogP contribution is -2.33. The van der Waals surface area contributed by atoms with Gasteiger partial charge < -0.3 is 15.8 Å². The summed E-state index contributed by atoms with van der Waals surface area (Å²) in [7, 11) is 0.